The summed E-state index contributed by atoms with van der Waals surface area (Å²) in [6, 6.07) is 6.65. The minimum absolute atomic E-state index is 0.0107. The number of nitrogen functional groups attached to an aromatic ring is 1. The Morgan fingerprint density at radius 1 is 1.18 bits per heavy atom. The van der Waals surface area contributed by atoms with Gasteiger partial charge in [-0.05, 0) is 38.8 Å². The second-order valence-corrected chi connectivity index (χ2v) is 12.4. The second-order valence-electron chi connectivity index (χ2n) is 10.1. The van der Waals surface area contributed by atoms with Crippen LogP contribution >= 0.6 is 11.6 Å². The molecule has 0 amide bonds. The second kappa shape index (κ2) is 10.9. The van der Waals surface area contributed by atoms with Crippen LogP contribution in [-0.2, 0) is 15.6 Å². The molecule has 3 heterocycles. The summed E-state index contributed by atoms with van der Waals surface area (Å²) in [5, 5.41) is 5.06. The maximum absolute atomic E-state index is 16.0. The zero-order valence-corrected chi connectivity index (χ0v) is 23.8. The topological polar surface area (TPSA) is 116 Å². The molecule has 9 nitrogen and oxygen atoms in total. The Morgan fingerprint density at radius 3 is 2.58 bits per heavy atom. The van der Waals surface area contributed by atoms with E-state index < -0.39 is 32.1 Å². The van der Waals surface area contributed by atoms with Crippen LogP contribution < -0.4 is 10.5 Å². The maximum Gasteiger partial charge on any atom is 0.185 e. The van der Waals surface area contributed by atoms with E-state index in [2.05, 4.69) is 28.7 Å². The van der Waals surface area contributed by atoms with Crippen molar-refractivity contribution in [2.24, 2.45) is 0 Å². The number of aromatic nitrogens is 4. The van der Waals surface area contributed by atoms with E-state index in [0.717, 1.165) is 38.1 Å². The first-order valence-corrected chi connectivity index (χ1v) is 14.8. The molecule has 0 atom stereocenters. The standard InChI is InChI=1S/C27H29ClF2N6O3S/c1-15(2)35-9-7-17(8-10-35)36-27-23(26(31)32-14-33-27)25(34-36)18-6-4-5-16(24(18)30)13-40(37,38)22-11-19(28)21(39-3)12-20(22)29/h4-6,11-12,14-15,17H,7-10,13H2,1-3H3,(H2,31,32,33). The lowest BCUT2D eigenvalue weighted by molar-refractivity contribution is 0.148. The van der Waals surface area contributed by atoms with Crippen LogP contribution in [0.15, 0.2) is 41.6 Å². The molecule has 1 aliphatic heterocycles. The number of nitrogens with two attached hydrogens (primary N) is 1. The molecule has 1 saturated heterocycles. The third-order valence-electron chi connectivity index (χ3n) is 7.31. The van der Waals surface area contributed by atoms with Gasteiger partial charge in [0.2, 0.25) is 0 Å². The molecule has 40 heavy (non-hydrogen) atoms. The van der Waals surface area contributed by atoms with Crippen molar-refractivity contribution < 1.29 is 21.9 Å². The summed E-state index contributed by atoms with van der Waals surface area (Å²) >= 11 is 6.04. The molecule has 0 spiro atoms. The SMILES string of the molecule is COc1cc(F)c(S(=O)(=O)Cc2cccc(-c3nn(C4CCN(C(C)C)CC4)c4ncnc(N)c34)c2F)cc1Cl. The van der Waals surface area contributed by atoms with E-state index in [1.807, 2.05) is 0 Å². The molecular formula is C27H29ClF2N6O3S. The Morgan fingerprint density at radius 2 is 1.90 bits per heavy atom. The number of piperidine rings is 1. The van der Waals surface area contributed by atoms with Gasteiger partial charge >= 0.3 is 0 Å². The zero-order chi connectivity index (χ0) is 28.8. The monoisotopic (exact) mass is 590 g/mol. The highest BCUT2D eigenvalue weighted by Gasteiger charge is 2.29. The maximum atomic E-state index is 16.0. The minimum atomic E-state index is -4.32. The molecule has 2 aromatic heterocycles. The summed E-state index contributed by atoms with van der Waals surface area (Å²) < 4.78 is 63.7. The largest absolute Gasteiger partial charge is 0.495 e. The molecule has 2 N–H and O–H groups in total. The summed E-state index contributed by atoms with van der Waals surface area (Å²) in [4.78, 5) is 10.2. The number of sulfone groups is 1. The molecule has 0 bridgehead atoms. The van der Waals surface area contributed by atoms with Crippen molar-refractivity contribution >= 4 is 38.3 Å². The summed E-state index contributed by atoms with van der Waals surface area (Å²) in [6.45, 7) is 6.08. The lowest BCUT2D eigenvalue weighted by Gasteiger charge is -2.34. The highest BCUT2D eigenvalue weighted by molar-refractivity contribution is 7.90. The quantitative estimate of drug-likeness (QED) is 0.318. The number of anilines is 1. The van der Waals surface area contributed by atoms with Gasteiger partial charge < -0.3 is 15.4 Å². The average Bonchev–Trinajstić information content (AvgIpc) is 3.31. The summed E-state index contributed by atoms with van der Waals surface area (Å²) in [5.74, 6) is -2.53. The molecule has 13 heteroatoms. The van der Waals surface area contributed by atoms with Gasteiger partial charge in [-0.15, -0.1) is 0 Å². The van der Waals surface area contributed by atoms with E-state index in [1.165, 1.54) is 31.6 Å². The predicted octanol–water partition coefficient (Wildman–Crippen LogP) is 5.03. The first kappa shape index (κ1) is 28.2. The van der Waals surface area contributed by atoms with Crippen molar-refractivity contribution in [1.82, 2.24) is 24.6 Å². The van der Waals surface area contributed by atoms with E-state index in [9.17, 15) is 12.8 Å². The third-order valence-corrected chi connectivity index (χ3v) is 9.28. The van der Waals surface area contributed by atoms with Crippen molar-refractivity contribution in [3.63, 3.8) is 0 Å². The Kier molecular flexibility index (Phi) is 7.68. The Bertz CT molecular complexity index is 1690. The number of methoxy groups -OCH3 is 1. The molecule has 0 aliphatic carbocycles. The molecule has 4 aromatic rings. The fraction of sp³-hybridized carbons (Fsp3) is 0.370. The van der Waals surface area contributed by atoms with Crippen molar-refractivity contribution in [1.29, 1.82) is 0 Å². The Balaban J connectivity index is 1.55. The van der Waals surface area contributed by atoms with Gasteiger partial charge in [0.25, 0.3) is 0 Å². The molecule has 1 aliphatic rings. The summed E-state index contributed by atoms with van der Waals surface area (Å²) in [6.07, 6.45) is 3.00. The van der Waals surface area contributed by atoms with Crippen LogP contribution in [-0.4, -0.2) is 59.3 Å². The number of nitrogens with zero attached hydrogens (tertiary/aromatic N) is 5. The van der Waals surface area contributed by atoms with Crippen LogP contribution in [0.4, 0.5) is 14.6 Å². The third kappa shape index (κ3) is 5.11. The van der Waals surface area contributed by atoms with Gasteiger partial charge in [0.1, 0.15) is 40.1 Å². The van der Waals surface area contributed by atoms with Crippen molar-refractivity contribution in [3.05, 3.63) is 58.9 Å². The smallest absolute Gasteiger partial charge is 0.185 e. The van der Waals surface area contributed by atoms with E-state index in [4.69, 9.17) is 27.2 Å². The van der Waals surface area contributed by atoms with Crippen LogP contribution in [0.3, 0.4) is 0 Å². The minimum Gasteiger partial charge on any atom is -0.495 e. The first-order valence-electron chi connectivity index (χ1n) is 12.8. The molecule has 212 valence electrons. The lowest BCUT2D eigenvalue weighted by atomic mass is 10.0. The highest BCUT2D eigenvalue weighted by Crippen LogP contribution is 2.37. The van der Waals surface area contributed by atoms with Gasteiger partial charge in [0.05, 0.1) is 29.3 Å². The van der Waals surface area contributed by atoms with Crippen LogP contribution in [0, 0.1) is 11.6 Å². The van der Waals surface area contributed by atoms with E-state index in [0.29, 0.717) is 17.1 Å². The number of likely N-dealkylation sites (tertiary alicyclic amines) is 1. The van der Waals surface area contributed by atoms with E-state index >= 15 is 4.39 Å². The first-order chi connectivity index (χ1) is 19.0. The van der Waals surface area contributed by atoms with Crippen LogP contribution in [0.5, 0.6) is 5.75 Å². The number of benzene rings is 2. The average molecular weight is 591 g/mol. The Hall–Kier alpha value is -3.35. The molecule has 0 unspecified atom stereocenters. The number of hydrogen-bond donors (Lipinski definition) is 1. The summed E-state index contributed by atoms with van der Waals surface area (Å²) in [5.41, 5.74) is 6.81. The predicted molar refractivity (Wildman–Crippen MR) is 149 cm³/mol. The molecular weight excluding hydrogens is 562 g/mol. The molecule has 0 saturated carbocycles. The van der Waals surface area contributed by atoms with Crippen LogP contribution in [0.1, 0.15) is 38.3 Å². The van der Waals surface area contributed by atoms with Crippen molar-refractivity contribution in [2.45, 2.75) is 49.4 Å². The highest BCUT2D eigenvalue weighted by atomic mass is 35.5. The molecule has 2 aromatic carbocycles. The van der Waals surface area contributed by atoms with Crippen molar-refractivity contribution in [2.75, 3.05) is 25.9 Å². The van der Waals surface area contributed by atoms with Gasteiger partial charge in [-0.25, -0.2) is 31.8 Å². The number of hydrogen-bond acceptors (Lipinski definition) is 8. The summed E-state index contributed by atoms with van der Waals surface area (Å²) in [7, 11) is -3.04. The number of halogens is 3. The van der Waals surface area contributed by atoms with Crippen LogP contribution in [0.2, 0.25) is 5.02 Å². The van der Waals surface area contributed by atoms with Gasteiger partial charge in [-0.2, -0.15) is 5.10 Å². The fourth-order valence-electron chi connectivity index (χ4n) is 5.15. The number of ether oxygens (including phenoxy) is 1. The normalized spacial score (nSPS) is 15.3. The van der Waals surface area contributed by atoms with Crippen molar-refractivity contribution in [3.8, 4) is 17.0 Å². The Labute approximate surface area is 235 Å². The van der Waals surface area contributed by atoms with E-state index in [1.54, 1.807) is 4.68 Å². The van der Waals surface area contributed by atoms with E-state index in [-0.39, 0.29) is 39.5 Å². The number of fused-ring (bicyclic) bond motifs is 1. The van der Waals surface area contributed by atoms with Crippen LogP contribution in [0.25, 0.3) is 22.3 Å². The zero-order valence-electron chi connectivity index (χ0n) is 22.2. The molecule has 0 radical (unpaired) electrons. The fourth-order valence-corrected chi connectivity index (χ4v) is 6.89. The van der Waals surface area contributed by atoms with Gasteiger partial charge in [0.15, 0.2) is 15.5 Å². The molecule has 5 rings (SSSR count). The number of rotatable bonds is 7. The molecule has 1 fully saturated rings. The van der Waals surface area contributed by atoms with Gasteiger partial charge in [-0.3, -0.25) is 0 Å². The van der Waals surface area contributed by atoms with Gasteiger partial charge in [0, 0.05) is 36.3 Å². The lowest BCUT2D eigenvalue weighted by Crippen LogP contribution is -2.39. The van der Waals surface area contributed by atoms with Gasteiger partial charge in [-0.1, -0.05) is 23.7 Å².